The lowest BCUT2D eigenvalue weighted by atomic mass is 10.1. The van der Waals surface area contributed by atoms with Crippen LogP contribution in [0.2, 0.25) is 5.02 Å². The van der Waals surface area contributed by atoms with Gasteiger partial charge in [0.25, 0.3) is 0 Å². The summed E-state index contributed by atoms with van der Waals surface area (Å²) in [6.45, 7) is 2.08. The number of halogens is 1. The fourth-order valence-electron chi connectivity index (χ4n) is 2.85. The second-order valence-electron chi connectivity index (χ2n) is 6.52. The van der Waals surface area contributed by atoms with Crippen molar-refractivity contribution in [2.75, 3.05) is 0 Å². The third-order valence-electron chi connectivity index (χ3n) is 4.30. The van der Waals surface area contributed by atoms with Crippen LogP contribution in [0, 0.1) is 6.92 Å². The zero-order chi connectivity index (χ0) is 21.1. The molecule has 0 aliphatic rings. The summed E-state index contributed by atoms with van der Waals surface area (Å²) in [5, 5.41) is 7.83. The third-order valence-corrected chi connectivity index (χ3v) is 4.53. The highest BCUT2D eigenvalue weighted by molar-refractivity contribution is 6.30. The molecule has 4 aromatic rings. The van der Waals surface area contributed by atoms with Crippen molar-refractivity contribution in [2.45, 2.75) is 20.1 Å². The Morgan fingerprint density at radius 3 is 2.90 bits per heavy atom. The predicted octanol–water partition coefficient (Wildman–Crippen LogP) is 3.65. The highest BCUT2D eigenvalue weighted by atomic mass is 35.5. The van der Waals surface area contributed by atoms with Crippen LogP contribution in [0.5, 0.6) is 5.75 Å². The lowest BCUT2D eigenvalue weighted by Gasteiger charge is -2.05. The van der Waals surface area contributed by atoms with Crippen LogP contribution >= 0.6 is 11.6 Å². The normalized spacial score (nSPS) is 10.9. The molecule has 2 aromatic carbocycles. The van der Waals surface area contributed by atoms with Crippen molar-refractivity contribution in [3.63, 3.8) is 0 Å². The van der Waals surface area contributed by atoms with Crippen LogP contribution in [0.4, 0.5) is 0 Å². The van der Waals surface area contributed by atoms with Gasteiger partial charge in [-0.25, -0.2) is 4.79 Å². The SMILES string of the molecule is Cc1cc(=O)oc2cc(OCc3noc(C(=O)NCc4cccc(Cl)c4)n3)ccc12. The largest absolute Gasteiger partial charge is 0.485 e. The van der Waals surface area contributed by atoms with E-state index >= 15 is 0 Å². The van der Waals surface area contributed by atoms with Crippen molar-refractivity contribution in [3.8, 4) is 5.75 Å². The first-order chi connectivity index (χ1) is 14.5. The van der Waals surface area contributed by atoms with E-state index in [9.17, 15) is 9.59 Å². The van der Waals surface area contributed by atoms with Gasteiger partial charge in [-0.3, -0.25) is 4.79 Å². The number of rotatable bonds is 6. The molecule has 2 heterocycles. The molecule has 0 radical (unpaired) electrons. The van der Waals surface area contributed by atoms with E-state index in [4.69, 9.17) is 25.3 Å². The number of carbonyl (C=O) groups excluding carboxylic acids is 1. The number of nitrogens with zero attached hydrogens (tertiary/aromatic N) is 2. The average molecular weight is 426 g/mol. The van der Waals surface area contributed by atoms with Crippen LogP contribution in [0.1, 0.15) is 27.6 Å². The van der Waals surface area contributed by atoms with Gasteiger partial charge in [0.15, 0.2) is 6.61 Å². The summed E-state index contributed by atoms with van der Waals surface area (Å²) in [6.07, 6.45) is 0. The van der Waals surface area contributed by atoms with Gasteiger partial charge in [-0.15, -0.1) is 0 Å². The molecular formula is C21H16ClN3O5. The number of benzene rings is 2. The molecule has 0 bridgehead atoms. The third kappa shape index (κ3) is 4.49. The smallest absolute Gasteiger partial charge is 0.336 e. The van der Waals surface area contributed by atoms with Gasteiger partial charge in [0.2, 0.25) is 5.82 Å². The number of fused-ring (bicyclic) bond motifs is 1. The van der Waals surface area contributed by atoms with E-state index in [2.05, 4.69) is 15.5 Å². The van der Waals surface area contributed by atoms with E-state index < -0.39 is 11.5 Å². The molecule has 0 aliphatic carbocycles. The zero-order valence-electron chi connectivity index (χ0n) is 15.8. The van der Waals surface area contributed by atoms with Gasteiger partial charge >= 0.3 is 17.4 Å². The standard InChI is InChI=1S/C21H16ClN3O5/c1-12-7-19(26)29-17-9-15(5-6-16(12)17)28-11-18-24-21(30-25-18)20(27)23-10-13-3-2-4-14(22)8-13/h2-9H,10-11H2,1H3,(H,23,27). The molecule has 30 heavy (non-hydrogen) atoms. The average Bonchev–Trinajstić information content (AvgIpc) is 3.19. The molecule has 4 rings (SSSR count). The van der Waals surface area contributed by atoms with Crippen LogP contribution in [0.25, 0.3) is 11.0 Å². The van der Waals surface area contributed by atoms with Crippen LogP contribution in [-0.2, 0) is 13.2 Å². The van der Waals surface area contributed by atoms with Crippen LogP contribution in [0.3, 0.4) is 0 Å². The lowest BCUT2D eigenvalue weighted by molar-refractivity contribution is 0.0907. The van der Waals surface area contributed by atoms with Gasteiger partial charge in [0, 0.05) is 29.1 Å². The molecule has 1 amide bonds. The van der Waals surface area contributed by atoms with Gasteiger partial charge in [0.05, 0.1) is 0 Å². The van der Waals surface area contributed by atoms with E-state index in [0.717, 1.165) is 16.5 Å². The lowest BCUT2D eigenvalue weighted by Crippen LogP contribution is -2.23. The van der Waals surface area contributed by atoms with Crippen molar-refractivity contribution in [1.29, 1.82) is 0 Å². The van der Waals surface area contributed by atoms with Crippen LogP contribution in [0.15, 0.2) is 62.3 Å². The first kappa shape index (κ1) is 19.7. The number of ether oxygens (including phenoxy) is 1. The Bertz CT molecular complexity index is 1280. The maximum atomic E-state index is 12.2. The molecule has 0 unspecified atom stereocenters. The molecule has 0 saturated carbocycles. The molecule has 2 aromatic heterocycles. The summed E-state index contributed by atoms with van der Waals surface area (Å²) in [6, 6.07) is 13.7. The fraction of sp³-hybridized carbons (Fsp3) is 0.143. The number of hydrogen-bond acceptors (Lipinski definition) is 7. The van der Waals surface area contributed by atoms with E-state index in [1.54, 1.807) is 36.4 Å². The number of aromatic nitrogens is 2. The summed E-state index contributed by atoms with van der Waals surface area (Å²) in [4.78, 5) is 27.7. The topological polar surface area (TPSA) is 107 Å². The van der Waals surface area contributed by atoms with Crippen LogP contribution < -0.4 is 15.7 Å². The molecule has 8 nitrogen and oxygen atoms in total. The molecule has 0 saturated heterocycles. The Hall–Kier alpha value is -3.65. The minimum atomic E-state index is -0.503. The number of nitrogens with one attached hydrogen (secondary N) is 1. The first-order valence-electron chi connectivity index (χ1n) is 9.00. The Morgan fingerprint density at radius 1 is 1.20 bits per heavy atom. The number of amides is 1. The van der Waals surface area contributed by atoms with Crippen molar-refractivity contribution in [1.82, 2.24) is 15.5 Å². The molecule has 0 spiro atoms. The minimum absolute atomic E-state index is 0.0212. The Balaban J connectivity index is 1.38. The maximum Gasteiger partial charge on any atom is 0.336 e. The summed E-state index contributed by atoms with van der Waals surface area (Å²) < 4.78 is 15.8. The maximum absolute atomic E-state index is 12.2. The van der Waals surface area contributed by atoms with E-state index in [-0.39, 0.29) is 24.9 Å². The van der Waals surface area contributed by atoms with Gasteiger partial charge in [-0.05, 0) is 42.3 Å². The first-order valence-corrected chi connectivity index (χ1v) is 9.38. The quantitative estimate of drug-likeness (QED) is 0.470. The molecular weight excluding hydrogens is 410 g/mol. The number of aryl methyl sites for hydroxylation is 1. The summed E-state index contributed by atoms with van der Waals surface area (Å²) in [7, 11) is 0. The monoisotopic (exact) mass is 425 g/mol. The van der Waals surface area contributed by atoms with E-state index in [1.807, 2.05) is 13.0 Å². The number of carbonyl (C=O) groups is 1. The molecule has 0 fully saturated rings. The van der Waals surface area contributed by atoms with Gasteiger partial charge in [-0.1, -0.05) is 28.9 Å². The second-order valence-corrected chi connectivity index (χ2v) is 6.96. The molecule has 152 valence electrons. The molecule has 0 atom stereocenters. The van der Waals surface area contributed by atoms with Gasteiger partial charge in [0.1, 0.15) is 11.3 Å². The fourth-order valence-corrected chi connectivity index (χ4v) is 3.07. The van der Waals surface area contributed by atoms with Crippen molar-refractivity contribution < 1.29 is 18.5 Å². The summed E-state index contributed by atoms with van der Waals surface area (Å²) in [5.74, 6) is -0.00542. The van der Waals surface area contributed by atoms with Crippen molar-refractivity contribution >= 4 is 28.5 Å². The van der Waals surface area contributed by atoms with Gasteiger partial charge in [-0.2, -0.15) is 4.98 Å². The van der Waals surface area contributed by atoms with E-state index in [0.29, 0.717) is 16.4 Å². The van der Waals surface area contributed by atoms with Crippen molar-refractivity contribution in [2.24, 2.45) is 0 Å². The zero-order valence-corrected chi connectivity index (χ0v) is 16.6. The minimum Gasteiger partial charge on any atom is -0.485 e. The molecule has 9 heteroatoms. The molecule has 1 N–H and O–H groups in total. The Kier molecular flexibility index (Phi) is 5.49. The van der Waals surface area contributed by atoms with Gasteiger partial charge < -0.3 is 19.0 Å². The predicted molar refractivity (Wildman–Crippen MR) is 108 cm³/mol. The summed E-state index contributed by atoms with van der Waals surface area (Å²) >= 11 is 5.92. The van der Waals surface area contributed by atoms with Crippen molar-refractivity contribution in [3.05, 3.63) is 86.8 Å². The Labute approximate surface area is 175 Å². The Morgan fingerprint density at radius 2 is 2.07 bits per heavy atom. The van der Waals surface area contributed by atoms with E-state index in [1.165, 1.54) is 6.07 Å². The number of hydrogen-bond donors (Lipinski definition) is 1. The highest BCUT2D eigenvalue weighted by Gasteiger charge is 2.15. The molecule has 0 aliphatic heterocycles. The van der Waals surface area contributed by atoms with Crippen LogP contribution in [-0.4, -0.2) is 16.0 Å². The second kappa shape index (κ2) is 8.38. The summed E-state index contributed by atoms with van der Waals surface area (Å²) in [5.41, 5.74) is 1.66. The highest BCUT2D eigenvalue weighted by Crippen LogP contribution is 2.22.